The highest BCUT2D eigenvalue weighted by molar-refractivity contribution is 7.92. The molecule has 134 valence electrons. The lowest BCUT2D eigenvalue weighted by Gasteiger charge is -2.15. The average Bonchev–Trinajstić information content (AvgIpc) is 3.32. The second-order valence-electron chi connectivity index (χ2n) is 6.40. The van der Waals surface area contributed by atoms with E-state index >= 15 is 0 Å². The van der Waals surface area contributed by atoms with Crippen LogP contribution in [-0.4, -0.2) is 41.0 Å². The summed E-state index contributed by atoms with van der Waals surface area (Å²) < 4.78 is 37.0. The molecule has 2 aromatic carbocycles. The fourth-order valence-electron chi connectivity index (χ4n) is 3.76. The summed E-state index contributed by atoms with van der Waals surface area (Å²) in [6.45, 7) is 0.547. The van der Waals surface area contributed by atoms with E-state index in [4.69, 9.17) is 15.2 Å². The number of rotatable bonds is 7. The molecule has 2 N–H and O–H groups in total. The molecule has 1 saturated carbocycles. The second-order valence-corrected chi connectivity index (χ2v) is 8.47. The first kappa shape index (κ1) is 17.9. The average molecular weight is 361 g/mol. The van der Waals surface area contributed by atoms with Gasteiger partial charge in [-0.25, -0.2) is 8.42 Å². The Morgan fingerprint density at radius 3 is 2.20 bits per heavy atom. The molecule has 1 fully saturated rings. The highest BCUT2D eigenvalue weighted by Crippen LogP contribution is 2.63. The molecule has 0 aliphatic heterocycles. The molecule has 0 saturated heterocycles. The van der Waals surface area contributed by atoms with Crippen molar-refractivity contribution in [1.29, 1.82) is 0 Å². The molecule has 3 atom stereocenters. The van der Waals surface area contributed by atoms with Crippen LogP contribution in [0.25, 0.3) is 0 Å². The standard InChI is InChI=1S/C19H23NO4S/c1-23-13-19(12-20)17(14-8-10-15(24-2)11-9-14)18(19)25(21,22)16-6-4-3-5-7-16/h3-11,17-18H,12-13,20H2,1-2H3/t17-,18-,19-/m1/s1. The number of nitrogens with two attached hydrogens (primary N) is 1. The van der Waals surface area contributed by atoms with Gasteiger partial charge in [0.2, 0.25) is 0 Å². The summed E-state index contributed by atoms with van der Waals surface area (Å²) in [5.74, 6) is 0.533. The van der Waals surface area contributed by atoms with Gasteiger partial charge in [-0.1, -0.05) is 30.3 Å². The molecular formula is C19H23NO4S. The maximum Gasteiger partial charge on any atom is 0.182 e. The van der Waals surface area contributed by atoms with Crippen LogP contribution in [0.4, 0.5) is 0 Å². The first-order valence-electron chi connectivity index (χ1n) is 8.13. The highest BCUT2D eigenvalue weighted by Gasteiger charge is 2.70. The topological polar surface area (TPSA) is 78.6 Å². The van der Waals surface area contributed by atoms with Crippen LogP contribution >= 0.6 is 0 Å². The SMILES string of the molecule is COC[C@]1(CN)[C@H](c2ccc(OC)cc2)[C@H]1S(=O)(=O)c1ccccc1. The molecule has 0 bridgehead atoms. The van der Waals surface area contributed by atoms with Crippen LogP contribution in [0.2, 0.25) is 0 Å². The van der Waals surface area contributed by atoms with Crippen molar-refractivity contribution in [1.82, 2.24) is 0 Å². The van der Waals surface area contributed by atoms with Crippen LogP contribution in [0.15, 0.2) is 59.5 Å². The third-order valence-corrected chi connectivity index (χ3v) is 7.39. The predicted octanol–water partition coefficient (Wildman–Crippen LogP) is 2.23. The van der Waals surface area contributed by atoms with Crippen molar-refractivity contribution in [2.45, 2.75) is 16.1 Å². The second kappa shape index (κ2) is 6.78. The molecule has 1 aliphatic carbocycles. The summed E-state index contributed by atoms with van der Waals surface area (Å²) in [5, 5.41) is -0.597. The van der Waals surface area contributed by atoms with Gasteiger partial charge in [-0.2, -0.15) is 0 Å². The quantitative estimate of drug-likeness (QED) is 0.818. The zero-order chi connectivity index (χ0) is 18.1. The first-order chi connectivity index (χ1) is 12.0. The van der Waals surface area contributed by atoms with Crippen LogP contribution in [-0.2, 0) is 14.6 Å². The van der Waals surface area contributed by atoms with E-state index in [0.717, 1.165) is 11.3 Å². The number of methoxy groups -OCH3 is 2. The van der Waals surface area contributed by atoms with E-state index in [-0.39, 0.29) is 12.5 Å². The normalized spacial score (nSPS) is 25.6. The minimum Gasteiger partial charge on any atom is -0.497 e. The van der Waals surface area contributed by atoms with E-state index < -0.39 is 20.5 Å². The van der Waals surface area contributed by atoms with Crippen molar-refractivity contribution >= 4 is 9.84 Å². The van der Waals surface area contributed by atoms with Gasteiger partial charge in [0.25, 0.3) is 0 Å². The number of sulfone groups is 1. The Kier molecular flexibility index (Phi) is 4.86. The fraction of sp³-hybridized carbons (Fsp3) is 0.368. The molecule has 1 aliphatic rings. The lowest BCUT2D eigenvalue weighted by atomic mass is 10.00. The van der Waals surface area contributed by atoms with E-state index in [0.29, 0.717) is 11.5 Å². The van der Waals surface area contributed by atoms with Crippen LogP contribution in [0.5, 0.6) is 5.75 Å². The van der Waals surface area contributed by atoms with Crippen LogP contribution in [0, 0.1) is 5.41 Å². The van der Waals surface area contributed by atoms with Crippen molar-refractivity contribution in [2.75, 3.05) is 27.4 Å². The zero-order valence-corrected chi connectivity index (χ0v) is 15.2. The van der Waals surface area contributed by atoms with Gasteiger partial charge >= 0.3 is 0 Å². The van der Waals surface area contributed by atoms with Gasteiger partial charge in [-0.3, -0.25) is 0 Å². The Balaban J connectivity index is 2.03. The molecule has 0 spiro atoms. The molecule has 2 aromatic rings. The Labute approximate surface area is 148 Å². The molecule has 0 radical (unpaired) electrons. The smallest absolute Gasteiger partial charge is 0.182 e. The largest absolute Gasteiger partial charge is 0.497 e. The van der Waals surface area contributed by atoms with E-state index in [1.807, 2.05) is 24.3 Å². The van der Waals surface area contributed by atoms with E-state index in [2.05, 4.69) is 0 Å². The molecule has 5 nitrogen and oxygen atoms in total. The Morgan fingerprint density at radius 1 is 1.04 bits per heavy atom. The summed E-state index contributed by atoms with van der Waals surface area (Å²) in [6.07, 6.45) is 0. The summed E-state index contributed by atoms with van der Waals surface area (Å²) in [4.78, 5) is 0.324. The maximum absolute atomic E-state index is 13.2. The predicted molar refractivity (Wildman–Crippen MR) is 96.5 cm³/mol. The van der Waals surface area contributed by atoms with Gasteiger partial charge in [-0.15, -0.1) is 0 Å². The Morgan fingerprint density at radius 2 is 1.68 bits per heavy atom. The third-order valence-electron chi connectivity index (χ3n) is 5.05. The molecule has 25 heavy (non-hydrogen) atoms. The summed E-state index contributed by atoms with van der Waals surface area (Å²) in [6, 6.07) is 16.0. The lowest BCUT2D eigenvalue weighted by Crippen LogP contribution is -2.28. The van der Waals surface area contributed by atoms with Gasteiger partial charge in [0.05, 0.1) is 23.9 Å². The highest BCUT2D eigenvalue weighted by atomic mass is 32.2. The van der Waals surface area contributed by atoms with Crippen LogP contribution < -0.4 is 10.5 Å². The van der Waals surface area contributed by atoms with Crippen LogP contribution in [0.1, 0.15) is 11.5 Å². The van der Waals surface area contributed by atoms with Crippen molar-refractivity contribution in [3.05, 3.63) is 60.2 Å². The van der Waals surface area contributed by atoms with Gasteiger partial charge in [0.1, 0.15) is 5.75 Å². The van der Waals surface area contributed by atoms with Crippen molar-refractivity contribution < 1.29 is 17.9 Å². The molecular weight excluding hydrogens is 338 g/mol. The number of ether oxygens (including phenoxy) is 2. The van der Waals surface area contributed by atoms with Crippen molar-refractivity contribution in [3.63, 3.8) is 0 Å². The van der Waals surface area contributed by atoms with E-state index in [1.165, 1.54) is 0 Å². The molecule has 6 heteroatoms. The van der Waals surface area contributed by atoms with Crippen molar-refractivity contribution in [2.24, 2.45) is 11.1 Å². The van der Waals surface area contributed by atoms with Crippen LogP contribution in [0.3, 0.4) is 0 Å². The minimum atomic E-state index is -3.51. The molecule has 0 heterocycles. The zero-order valence-electron chi connectivity index (χ0n) is 14.4. The molecule has 3 rings (SSSR count). The van der Waals surface area contributed by atoms with E-state index in [1.54, 1.807) is 44.6 Å². The number of hydrogen-bond donors (Lipinski definition) is 1. The van der Waals surface area contributed by atoms with Gasteiger partial charge in [0, 0.05) is 25.0 Å². The van der Waals surface area contributed by atoms with Gasteiger partial charge in [-0.05, 0) is 29.8 Å². The summed E-state index contributed by atoms with van der Waals surface area (Å²) in [7, 11) is -0.334. The maximum atomic E-state index is 13.2. The Bertz CT molecular complexity index is 820. The van der Waals surface area contributed by atoms with E-state index in [9.17, 15) is 8.42 Å². The Hall–Kier alpha value is -1.89. The van der Waals surface area contributed by atoms with Gasteiger partial charge < -0.3 is 15.2 Å². The summed E-state index contributed by atoms with van der Waals surface area (Å²) in [5.41, 5.74) is 6.36. The third kappa shape index (κ3) is 2.94. The first-order valence-corrected chi connectivity index (χ1v) is 9.68. The number of hydrogen-bond acceptors (Lipinski definition) is 5. The fourth-order valence-corrected chi connectivity index (χ4v) is 6.23. The summed E-state index contributed by atoms with van der Waals surface area (Å²) >= 11 is 0. The molecule has 0 amide bonds. The number of benzene rings is 2. The monoisotopic (exact) mass is 361 g/mol. The molecule has 0 aromatic heterocycles. The van der Waals surface area contributed by atoms with Gasteiger partial charge in [0.15, 0.2) is 9.84 Å². The minimum absolute atomic E-state index is 0.200. The lowest BCUT2D eigenvalue weighted by molar-refractivity contribution is 0.142. The molecule has 0 unspecified atom stereocenters. The van der Waals surface area contributed by atoms with Crippen molar-refractivity contribution in [3.8, 4) is 5.75 Å².